The van der Waals surface area contributed by atoms with Crippen molar-refractivity contribution in [2.45, 2.75) is 70.5 Å². The van der Waals surface area contributed by atoms with E-state index in [2.05, 4.69) is 27.0 Å². The number of carbonyl (C=O) groups excluding carboxylic acids is 4. The van der Waals surface area contributed by atoms with Crippen LogP contribution in [0.2, 0.25) is 0 Å². The molecule has 1 saturated heterocycles. The van der Waals surface area contributed by atoms with Crippen LogP contribution in [0.5, 0.6) is 0 Å². The number of pyridine rings is 1. The molecule has 0 bridgehead atoms. The van der Waals surface area contributed by atoms with Crippen LogP contribution in [0.1, 0.15) is 58.7 Å². The van der Waals surface area contributed by atoms with Crippen LogP contribution in [0.15, 0.2) is 48.7 Å². The summed E-state index contributed by atoms with van der Waals surface area (Å²) < 4.78 is 0. The Balaban J connectivity index is 1.56. The quantitative estimate of drug-likeness (QED) is 0.506. The molecule has 0 aliphatic carbocycles. The van der Waals surface area contributed by atoms with Crippen LogP contribution in [-0.4, -0.2) is 52.1 Å². The first kappa shape index (κ1) is 27.8. The second kappa shape index (κ2) is 10.1. The third-order valence-electron chi connectivity index (χ3n) is 7.27. The summed E-state index contributed by atoms with van der Waals surface area (Å²) in [5.41, 5.74) is -0.391. The zero-order chi connectivity index (χ0) is 28.6. The first-order valence-electron chi connectivity index (χ1n) is 12.9. The van der Waals surface area contributed by atoms with Crippen LogP contribution in [-0.2, 0) is 30.1 Å². The topological polar surface area (TPSA) is 144 Å². The molecule has 10 nitrogen and oxygen atoms in total. The van der Waals surface area contributed by atoms with Gasteiger partial charge in [-0.2, -0.15) is 5.26 Å². The van der Waals surface area contributed by atoms with Crippen LogP contribution in [0.4, 0.5) is 5.69 Å². The van der Waals surface area contributed by atoms with Crippen LogP contribution in [0.3, 0.4) is 0 Å². The molecule has 3 heterocycles. The molecule has 1 spiro atoms. The number of hydrogen-bond donors (Lipinski definition) is 3. The van der Waals surface area contributed by atoms with Gasteiger partial charge < -0.3 is 20.9 Å². The number of fused-ring (bicyclic) bond motifs is 2. The molecular weight excluding hydrogens is 496 g/mol. The van der Waals surface area contributed by atoms with Gasteiger partial charge in [-0.3, -0.25) is 24.2 Å². The maximum Gasteiger partial charge on any atom is 0.310 e. The van der Waals surface area contributed by atoms with Crippen molar-refractivity contribution in [1.82, 2.24) is 20.5 Å². The molecule has 0 radical (unpaired) electrons. The second-order valence-corrected chi connectivity index (χ2v) is 12.0. The Morgan fingerprint density at radius 2 is 1.82 bits per heavy atom. The number of aromatic nitrogens is 1. The number of benzene rings is 1. The average Bonchev–Trinajstić information content (AvgIpc) is 3.40. The first-order valence-corrected chi connectivity index (χ1v) is 12.9. The molecule has 1 aromatic carbocycles. The molecule has 2 aromatic rings. The highest BCUT2D eigenvalue weighted by atomic mass is 16.2. The number of hydrogen-bond acceptors (Lipinski definition) is 6. The van der Waals surface area contributed by atoms with Crippen molar-refractivity contribution in [3.05, 3.63) is 59.9 Å². The summed E-state index contributed by atoms with van der Waals surface area (Å²) in [4.78, 5) is 58.6. The van der Waals surface area contributed by atoms with Crippen molar-refractivity contribution in [3.8, 4) is 6.07 Å². The molecular formula is C29H34N6O4. The van der Waals surface area contributed by atoms with E-state index in [1.807, 2.05) is 39.0 Å². The fourth-order valence-corrected chi connectivity index (χ4v) is 5.36. The van der Waals surface area contributed by atoms with E-state index in [9.17, 15) is 24.4 Å². The van der Waals surface area contributed by atoms with E-state index in [1.165, 1.54) is 4.90 Å². The minimum absolute atomic E-state index is 0.00231. The van der Waals surface area contributed by atoms with Gasteiger partial charge in [0.05, 0.1) is 22.7 Å². The first-order chi connectivity index (χ1) is 18.3. The summed E-state index contributed by atoms with van der Waals surface area (Å²) in [6, 6.07) is 12.8. The Hall–Kier alpha value is -4.26. The zero-order valence-corrected chi connectivity index (χ0v) is 22.9. The molecule has 3 atom stereocenters. The summed E-state index contributed by atoms with van der Waals surface area (Å²) >= 11 is 0. The number of likely N-dealkylation sites (tertiary alicyclic amines) is 1. The van der Waals surface area contributed by atoms with E-state index in [0.29, 0.717) is 11.4 Å². The highest BCUT2D eigenvalue weighted by Crippen LogP contribution is 2.46. The van der Waals surface area contributed by atoms with Gasteiger partial charge in [-0.15, -0.1) is 0 Å². The molecule has 3 N–H and O–H groups in total. The third kappa shape index (κ3) is 5.48. The van der Waals surface area contributed by atoms with Gasteiger partial charge in [-0.05, 0) is 49.4 Å². The van der Waals surface area contributed by atoms with Crippen molar-refractivity contribution >= 4 is 29.3 Å². The van der Waals surface area contributed by atoms with Crippen LogP contribution < -0.4 is 16.0 Å². The Kier molecular flexibility index (Phi) is 7.21. The molecule has 2 aliphatic rings. The van der Waals surface area contributed by atoms with Crippen molar-refractivity contribution in [2.24, 2.45) is 5.41 Å². The Morgan fingerprint density at radius 3 is 2.46 bits per heavy atom. The van der Waals surface area contributed by atoms with Gasteiger partial charge in [0.1, 0.15) is 12.1 Å². The van der Waals surface area contributed by atoms with E-state index in [-0.39, 0.29) is 25.3 Å². The summed E-state index contributed by atoms with van der Waals surface area (Å²) in [7, 11) is 0. The van der Waals surface area contributed by atoms with Gasteiger partial charge in [0.15, 0.2) is 0 Å². The molecule has 0 unspecified atom stereocenters. The minimum atomic E-state index is -1.08. The molecule has 39 heavy (non-hydrogen) atoms. The molecule has 1 fully saturated rings. The number of anilines is 1. The summed E-state index contributed by atoms with van der Waals surface area (Å²) in [6.45, 7) is 9.20. The largest absolute Gasteiger partial charge is 0.337 e. The lowest BCUT2D eigenvalue weighted by molar-refractivity contribution is -0.143. The smallest absolute Gasteiger partial charge is 0.310 e. The van der Waals surface area contributed by atoms with Crippen molar-refractivity contribution in [2.75, 3.05) is 11.9 Å². The fourth-order valence-electron chi connectivity index (χ4n) is 5.36. The molecule has 2 aliphatic heterocycles. The molecule has 1 aromatic heterocycles. The summed E-state index contributed by atoms with van der Waals surface area (Å²) in [5.74, 6) is -2.63. The van der Waals surface area contributed by atoms with E-state index in [4.69, 9.17) is 0 Å². The molecule has 0 saturated carbocycles. The molecule has 4 rings (SSSR count). The average molecular weight is 531 g/mol. The summed E-state index contributed by atoms with van der Waals surface area (Å²) in [6.07, 6.45) is 1.96. The number of nitrogens with one attached hydrogen (secondary N) is 3. The van der Waals surface area contributed by atoms with Crippen molar-refractivity contribution in [3.63, 3.8) is 0 Å². The fraction of sp³-hybridized carbons (Fsp3) is 0.448. The van der Waals surface area contributed by atoms with Crippen LogP contribution in [0.25, 0.3) is 0 Å². The van der Waals surface area contributed by atoms with Gasteiger partial charge >= 0.3 is 11.8 Å². The monoisotopic (exact) mass is 530 g/mol. The Bertz CT molecular complexity index is 1340. The van der Waals surface area contributed by atoms with Crippen LogP contribution >= 0.6 is 0 Å². The van der Waals surface area contributed by atoms with E-state index in [0.717, 1.165) is 5.56 Å². The highest BCUT2D eigenvalue weighted by molar-refractivity contribution is 6.35. The predicted octanol–water partition coefficient (Wildman–Crippen LogP) is 2.37. The minimum Gasteiger partial charge on any atom is -0.337 e. The second-order valence-electron chi connectivity index (χ2n) is 12.0. The third-order valence-corrected chi connectivity index (χ3v) is 7.27. The standard InChI is InChI=1S/C29H34N6O4/c1-27(2,3)15-21(32-23(36)24(37)34-28(4,5)22-12-8-9-13-31-22)25(38)35-17-29(14-18(35)16-30)19-10-6-7-11-20(19)33-26(29)39/h6-13,18,21H,14-15,17H2,1-5H3,(H,32,36)(H,33,39)(H,34,37)/t18-,21-,29-/m0/s1. The highest BCUT2D eigenvalue weighted by Gasteiger charge is 2.56. The van der Waals surface area contributed by atoms with E-state index < -0.39 is 46.2 Å². The van der Waals surface area contributed by atoms with Crippen molar-refractivity contribution < 1.29 is 19.2 Å². The van der Waals surface area contributed by atoms with Gasteiger partial charge in [-0.1, -0.05) is 45.0 Å². The number of rotatable bonds is 5. The summed E-state index contributed by atoms with van der Waals surface area (Å²) in [5, 5.41) is 18.1. The van der Waals surface area contributed by atoms with Gasteiger partial charge in [0, 0.05) is 24.8 Å². The number of para-hydroxylation sites is 1. The number of nitrogens with zero attached hydrogens (tertiary/aromatic N) is 3. The Morgan fingerprint density at radius 1 is 1.13 bits per heavy atom. The zero-order valence-electron chi connectivity index (χ0n) is 22.9. The lowest BCUT2D eigenvalue weighted by Crippen LogP contribution is -2.56. The molecule has 10 heteroatoms. The number of amides is 4. The molecule has 4 amide bonds. The van der Waals surface area contributed by atoms with Gasteiger partial charge in [0.25, 0.3) is 0 Å². The lowest BCUT2D eigenvalue weighted by atomic mass is 9.80. The van der Waals surface area contributed by atoms with E-state index in [1.54, 1.807) is 44.3 Å². The number of carbonyl (C=O) groups is 4. The Labute approximate surface area is 228 Å². The molecule has 204 valence electrons. The normalized spacial score (nSPS) is 21.1. The van der Waals surface area contributed by atoms with Crippen molar-refractivity contribution in [1.29, 1.82) is 5.26 Å². The lowest BCUT2D eigenvalue weighted by Gasteiger charge is -2.31. The predicted molar refractivity (Wildman–Crippen MR) is 144 cm³/mol. The maximum absolute atomic E-state index is 13.9. The maximum atomic E-state index is 13.9. The SMILES string of the molecule is CC(C)(C)C[C@H](NC(=O)C(=O)NC(C)(C)c1ccccn1)C(=O)N1C[C@]2(C[C@H]1C#N)C(=O)Nc1ccccc12. The van der Waals surface area contributed by atoms with E-state index >= 15 is 0 Å². The van der Waals surface area contributed by atoms with Gasteiger partial charge in [0.2, 0.25) is 11.8 Å². The number of nitriles is 1. The van der Waals surface area contributed by atoms with Crippen LogP contribution in [0, 0.1) is 16.7 Å². The van der Waals surface area contributed by atoms with Gasteiger partial charge in [-0.25, -0.2) is 0 Å².